The molecular formula is C14H21ClN2O2S. The van der Waals surface area contributed by atoms with Gasteiger partial charge in [-0.2, -0.15) is 0 Å². The molecule has 1 atom stereocenters. The lowest BCUT2D eigenvalue weighted by Gasteiger charge is -2.12. The van der Waals surface area contributed by atoms with E-state index < -0.39 is 10.8 Å². The van der Waals surface area contributed by atoms with Crippen molar-refractivity contribution in [3.63, 3.8) is 0 Å². The third-order valence-electron chi connectivity index (χ3n) is 2.88. The van der Waals surface area contributed by atoms with Crippen LogP contribution in [0.2, 0.25) is 5.02 Å². The topological polar surface area (TPSA) is 58.2 Å². The Morgan fingerprint density at radius 2 is 2.10 bits per heavy atom. The van der Waals surface area contributed by atoms with Gasteiger partial charge < -0.3 is 10.6 Å². The van der Waals surface area contributed by atoms with E-state index in [9.17, 15) is 9.00 Å². The van der Waals surface area contributed by atoms with Crippen LogP contribution in [0.1, 0.15) is 22.8 Å². The Bertz CT molecular complexity index is 480. The van der Waals surface area contributed by atoms with Gasteiger partial charge in [-0.25, -0.2) is 0 Å². The maximum absolute atomic E-state index is 11.2. The van der Waals surface area contributed by atoms with Crippen molar-refractivity contribution in [1.82, 2.24) is 5.32 Å². The van der Waals surface area contributed by atoms with Gasteiger partial charge in [0, 0.05) is 41.5 Å². The summed E-state index contributed by atoms with van der Waals surface area (Å²) in [5, 5.41) is 6.99. The molecule has 1 rings (SSSR count). The number of carbonyl (C=O) groups is 1. The van der Waals surface area contributed by atoms with Crippen LogP contribution in [0.15, 0.2) is 12.1 Å². The Morgan fingerprint density at radius 3 is 2.70 bits per heavy atom. The van der Waals surface area contributed by atoms with Gasteiger partial charge in [0.05, 0.1) is 10.7 Å². The number of carbonyl (C=O) groups excluding carboxylic acids is 1. The highest BCUT2D eigenvalue weighted by Crippen LogP contribution is 2.26. The number of hydrogen-bond donors (Lipinski definition) is 2. The first-order valence-electron chi connectivity index (χ1n) is 6.60. The molecule has 1 aromatic carbocycles. The number of benzene rings is 1. The predicted octanol–water partition coefficient (Wildman–Crippen LogP) is 2.09. The van der Waals surface area contributed by atoms with Gasteiger partial charge in [0.1, 0.15) is 6.29 Å². The van der Waals surface area contributed by atoms with Gasteiger partial charge >= 0.3 is 0 Å². The summed E-state index contributed by atoms with van der Waals surface area (Å²) in [6, 6.07) is 3.54. The zero-order valence-electron chi connectivity index (χ0n) is 11.9. The van der Waals surface area contributed by atoms with Gasteiger partial charge in [0.2, 0.25) is 0 Å². The average Bonchev–Trinajstić information content (AvgIpc) is 2.42. The summed E-state index contributed by atoms with van der Waals surface area (Å²) in [7, 11) is -0.876. The SMILES string of the molecule is CCNCCNc1cc(CCS(C)=O)c(C=O)cc1Cl. The molecule has 112 valence electrons. The molecule has 2 N–H and O–H groups in total. The van der Waals surface area contributed by atoms with E-state index in [4.69, 9.17) is 11.6 Å². The first-order valence-corrected chi connectivity index (χ1v) is 8.71. The Morgan fingerprint density at radius 1 is 1.35 bits per heavy atom. The summed E-state index contributed by atoms with van der Waals surface area (Å²) in [6.07, 6.45) is 3.06. The zero-order chi connectivity index (χ0) is 15.0. The van der Waals surface area contributed by atoms with E-state index in [1.807, 2.05) is 6.07 Å². The summed E-state index contributed by atoms with van der Waals surface area (Å²) < 4.78 is 11.2. The maximum Gasteiger partial charge on any atom is 0.150 e. The van der Waals surface area contributed by atoms with Gasteiger partial charge in [0.25, 0.3) is 0 Å². The van der Waals surface area contributed by atoms with Crippen molar-refractivity contribution in [2.24, 2.45) is 0 Å². The smallest absolute Gasteiger partial charge is 0.150 e. The fourth-order valence-electron chi connectivity index (χ4n) is 1.81. The average molecular weight is 317 g/mol. The summed E-state index contributed by atoms with van der Waals surface area (Å²) in [5.41, 5.74) is 2.26. The van der Waals surface area contributed by atoms with E-state index in [0.29, 0.717) is 22.8 Å². The molecule has 0 fully saturated rings. The van der Waals surface area contributed by atoms with Crippen molar-refractivity contribution in [2.45, 2.75) is 13.3 Å². The molecular weight excluding hydrogens is 296 g/mol. The fraction of sp³-hybridized carbons (Fsp3) is 0.500. The van der Waals surface area contributed by atoms with Crippen molar-refractivity contribution in [1.29, 1.82) is 0 Å². The predicted molar refractivity (Wildman–Crippen MR) is 86.5 cm³/mol. The van der Waals surface area contributed by atoms with E-state index in [1.54, 1.807) is 12.3 Å². The standard InChI is InChI=1S/C14H21ClN2O2S/c1-3-16-5-6-17-14-9-11(4-7-20(2)19)12(10-18)8-13(14)15/h8-10,16-17H,3-7H2,1-2H3. The molecule has 4 nitrogen and oxygen atoms in total. The third-order valence-corrected chi connectivity index (χ3v) is 3.97. The second-order valence-corrected chi connectivity index (χ2v) is 6.42. The van der Waals surface area contributed by atoms with Crippen molar-refractivity contribution >= 4 is 34.4 Å². The summed E-state index contributed by atoms with van der Waals surface area (Å²) in [6.45, 7) is 4.58. The number of anilines is 1. The van der Waals surface area contributed by atoms with Gasteiger partial charge in [-0.1, -0.05) is 18.5 Å². The van der Waals surface area contributed by atoms with Crippen molar-refractivity contribution < 1.29 is 9.00 Å². The summed E-state index contributed by atoms with van der Waals surface area (Å²) >= 11 is 6.15. The molecule has 0 aliphatic heterocycles. The number of aldehydes is 1. The molecule has 0 heterocycles. The van der Waals surface area contributed by atoms with Crippen LogP contribution in [0, 0.1) is 0 Å². The normalized spacial score (nSPS) is 12.2. The second-order valence-electron chi connectivity index (χ2n) is 4.46. The van der Waals surface area contributed by atoms with E-state index in [2.05, 4.69) is 17.6 Å². The van der Waals surface area contributed by atoms with Gasteiger partial charge in [-0.15, -0.1) is 0 Å². The molecule has 0 bridgehead atoms. The molecule has 0 radical (unpaired) electrons. The number of hydrogen-bond acceptors (Lipinski definition) is 4. The van der Waals surface area contributed by atoms with Gasteiger partial charge in [-0.3, -0.25) is 9.00 Å². The highest BCUT2D eigenvalue weighted by atomic mass is 35.5. The quantitative estimate of drug-likeness (QED) is 0.541. The van der Waals surface area contributed by atoms with Crippen LogP contribution >= 0.6 is 11.6 Å². The highest BCUT2D eigenvalue weighted by Gasteiger charge is 2.09. The Labute approximate surface area is 127 Å². The van der Waals surface area contributed by atoms with Crippen LogP contribution in [-0.4, -0.2) is 42.1 Å². The Balaban J connectivity index is 2.81. The number of aryl methyl sites for hydroxylation is 1. The van der Waals surface area contributed by atoms with Crippen molar-refractivity contribution in [3.8, 4) is 0 Å². The molecule has 0 aromatic heterocycles. The number of likely N-dealkylation sites (N-methyl/N-ethyl adjacent to an activating group) is 1. The lowest BCUT2D eigenvalue weighted by molar-refractivity contribution is 0.112. The molecule has 1 unspecified atom stereocenters. The monoisotopic (exact) mass is 316 g/mol. The minimum Gasteiger partial charge on any atom is -0.383 e. The zero-order valence-corrected chi connectivity index (χ0v) is 13.4. The molecule has 0 spiro atoms. The minimum absolute atomic E-state index is 0.532. The molecule has 0 saturated heterocycles. The third kappa shape index (κ3) is 5.61. The molecule has 0 aliphatic rings. The minimum atomic E-state index is -0.876. The summed E-state index contributed by atoms with van der Waals surface area (Å²) in [4.78, 5) is 11.1. The van der Waals surface area contributed by atoms with Crippen LogP contribution in [0.5, 0.6) is 0 Å². The van der Waals surface area contributed by atoms with Crippen molar-refractivity contribution in [2.75, 3.05) is 37.0 Å². The number of rotatable bonds is 9. The van der Waals surface area contributed by atoms with Crippen LogP contribution in [0.3, 0.4) is 0 Å². The Hall–Kier alpha value is -0.910. The van der Waals surface area contributed by atoms with Crippen LogP contribution in [0.4, 0.5) is 5.69 Å². The lowest BCUT2D eigenvalue weighted by Crippen LogP contribution is -2.21. The van der Waals surface area contributed by atoms with E-state index in [-0.39, 0.29) is 0 Å². The summed E-state index contributed by atoms with van der Waals surface area (Å²) in [5.74, 6) is 0.541. The number of nitrogens with one attached hydrogen (secondary N) is 2. The lowest BCUT2D eigenvalue weighted by atomic mass is 10.1. The molecule has 0 aliphatic carbocycles. The van der Waals surface area contributed by atoms with E-state index in [1.165, 1.54) is 0 Å². The van der Waals surface area contributed by atoms with Gasteiger partial charge in [-0.05, 0) is 30.7 Å². The maximum atomic E-state index is 11.2. The Kier molecular flexibility index (Phi) is 7.80. The van der Waals surface area contributed by atoms with Crippen LogP contribution in [0.25, 0.3) is 0 Å². The molecule has 20 heavy (non-hydrogen) atoms. The molecule has 6 heteroatoms. The van der Waals surface area contributed by atoms with E-state index >= 15 is 0 Å². The largest absolute Gasteiger partial charge is 0.383 e. The van der Waals surface area contributed by atoms with Crippen molar-refractivity contribution in [3.05, 3.63) is 28.3 Å². The number of halogens is 1. The van der Waals surface area contributed by atoms with Gasteiger partial charge in [0.15, 0.2) is 0 Å². The fourth-order valence-corrected chi connectivity index (χ4v) is 2.56. The highest BCUT2D eigenvalue weighted by molar-refractivity contribution is 7.84. The van der Waals surface area contributed by atoms with E-state index in [0.717, 1.165) is 37.2 Å². The van der Waals surface area contributed by atoms with Crippen LogP contribution in [-0.2, 0) is 17.2 Å². The molecule has 0 saturated carbocycles. The first-order chi connectivity index (χ1) is 9.58. The molecule has 0 amide bonds. The first kappa shape index (κ1) is 17.1. The second kappa shape index (κ2) is 9.10. The van der Waals surface area contributed by atoms with Crippen LogP contribution < -0.4 is 10.6 Å². The molecule has 1 aromatic rings.